The number of nitrogens with zero attached hydrogens (tertiary/aromatic N) is 4. The minimum absolute atomic E-state index is 0.0172. The molecule has 0 spiro atoms. The molecule has 1 aliphatic heterocycles. The number of hydrogen-bond acceptors (Lipinski definition) is 7. The van der Waals surface area contributed by atoms with E-state index in [4.69, 9.17) is 10.1 Å². The van der Waals surface area contributed by atoms with E-state index in [0.29, 0.717) is 24.9 Å². The number of aromatic nitrogens is 2. The Morgan fingerprint density at radius 2 is 2.00 bits per heavy atom. The first-order valence-electron chi connectivity index (χ1n) is 10.3. The Bertz CT molecular complexity index is 903. The van der Waals surface area contributed by atoms with E-state index in [0.717, 1.165) is 48.4 Å². The number of rotatable bonds is 7. The lowest BCUT2D eigenvalue weighted by molar-refractivity contribution is -0.138. The molecule has 2 N–H and O–H groups in total. The summed E-state index contributed by atoms with van der Waals surface area (Å²) in [5.74, 6) is 1.03. The van der Waals surface area contributed by atoms with Gasteiger partial charge >= 0.3 is 5.97 Å². The van der Waals surface area contributed by atoms with E-state index in [1.807, 2.05) is 4.90 Å². The van der Waals surface area contributed by atoms with Crippen LogP contribution < -0.4 is 10.2 Å². The maximum absolute atomic E-state index is 12.5. The number of anilines is 2. The summed E-state index contributed by atoms with van der Waals surface area (Å²) in [5, 5.41) is 12.9. The molecule has 8 nitrogen and oxygen atoms in total. The van der Waals surface area contributed by atoms with Gasteiger partial charge in [-0.25, -0.2) is 4.98 Å². The van der Waals surface area contributed by atoms with Crippen LogP contribution in [0, 0.1) is 5.92 Å². The molecule has 29 heavy (non-hydrogen) atoms. The van der Waals surface area contributed by atoms with Gasteiger partial charge in [0.05, 0.1) is 11.8 Å². The van der Waals surface area contributed by atoms with Gasteiger partial charge in [0.1, 0.15) is 10.6 Å². The largest absolute Gasteiger partial charge is 0.481 e. The highest BCUT2D eigenvalue weighted by Gasteiger charge is 2.32. The normalized spacial score (nSPS) is 17.4. The Morgan fingerprint density at radius 3 is 2.62 bits per heavy atom. The number of fused-ring (bicyclic) bond motifs is 1. The van der Waals surface area contributed by atoms with E-state index >= 15 is 0 Å². The summed E-state index contributed by atoms with van der Waals surface area (Å²) in [6, 6.07) is 2.16. The maximum Gasteiger partial charge on any atom is 0.305 e. The number of thiophene rings is 1. The summed E-state index contributed by atoms with van der Waals surface area (Å²) in [4.78, 5) is 39.0. The van der Waals surface area contributed by atoms with Gasteiger partial charge in [-0.15, -0.1) is 11.3 Å². The molecule has 3 heterocycles. The number of carbonyl (C=O) groups excluding carboxylic acids is 1. The number of carbonyl (C=O) groups is 2. The SMILES string of the molecule is CCc1cc2c(N3CCN(C(=O)C4CCC4)CC3)nc(NCCC(=O)O)nc2s1. The van der Waals surface area contributed by atoms with Crippen LogP contribution in [0.5, 0.6) is 0 Å². The second kappa shape index (κ2) is 8.52. The number of piperazine rings is 1. The predicted molar refractivity (Wildman–Crippen MR) is 114 cm³/mol. The van der Waals surface area contributed by atoms with Crippen molar-refractivity contribution in [3.63, 3.8) is 0 Å². The van der Waals surface area contributed by atoms with Gasteiger partial charge in [0.2, 0.25) is 11.9 Å². The molecule has 2 aromatic heterocycles. The molecule has 1 saturated carbocycles. The van der Waals surface area contributed by atoms with Crippen LogP contribution in [0.3, 0.4) is 0 Å². The quantitative estimate of drug-likeness (QED) is 0.714. The smallest absolute Gasteiger partial charge is 0.305 e. The number of amides is 1. The van der Waals surface area contributed by atoms with Gasteiger partial charge in [0, 0.05) is 43.5 Å². The Balaban J connectivity index is 1.52. The summed E-state index contributed by atoms with van der Waals surface area (Å²) in [5.41, 5.74) is 0. The highest BCUT2D eigenvalue weighted by Crippen LogP contribution is 2.33. The summed E-state index contributed by atoms with van der Waals surface area (Å²) in [6.45, 7) is 5.33. The van der Waals surface area contributed by atoms with Gasteiger partial charge < -0.3 is 20.2 Å². The monoisotopic (exact) mass is 417 g/mol. The predicted octanol–water partition coefficient (Wildman–Crippen LogP) is 2.59. The molecule has 1 aliphatic carbocycles. The second-order valence-electron chi connectivity index (χ2n) is 7.67. The van der Waals surface area contributed by atoms with Crippen molar-refractivity contribution >= 4 is 45.2 Å². The molecule has 2 fully saturated rings. The standard InChI is InChI=1S/C20H27N5O3S/c1-2-14-12-15-17(22-20(23-18(15)29-14)21-7-6-16(26)27)24-8-10-25(11-9-24)19(28)13-4-3-5-13/h12-13H,2-11H2,1H3,(H,26,27)(H,21,22,23). The van der Waals surface area contributed by atoms with Crippen molar-refractivity contribution in [1.82, 2.24) is 14.9 Å². The van der Waals surface area contributed by atoms with Gasteiger partial charge in [-0.1, -0.05) is 13.3 Å². The number of nitrogens with one attached hydrogen (secondary N) is 1. The summed E-state index contributed by atoms with van der Waals surface area (Å²) < 4.78 is 0. The van der Waals surface area contributed by atoms with Crippen LogP contribution in [0.4, 0.5) is 11.8 Å². The zero-order valence-electron chi connectivity index (χ0n) is 16.7. The number of hydrogen-bond donors (Lipinski definition) is 2. The fraction of sp³-hybridized carbons (Fsp3) is 0.600. The Kier molecular flexibility index (Phi) is 5.84. The molecular weight excluding hydrogens is 390 g/mol. The van der Waals surface area contributed by atoms with Crippen molar-refractivity contribution in [2.45, 2.75) is 39.0 Å². The molecule has 156 valence electrons. The first kappa shape index (κ1) is 19.9. The van der Waals surface area contributed by atoms with Crippen LogP contribution in [0.15, 0.2) is 6.07 Å². The van der Waals surface area contributed by atoms with E-state index in [2.05, 4.69) is 28.2 Å². The van der Waals surface area contributed by atoms with Crippen molar-refractivity contribution in [2.24, 2.45) is 5.92 Å². The molecule has 0 unspecified atom stereocenters. The fourth-order valence-corrected chi connectivity index (χ4v) is 4.75. The molecule has 0 atom stereocenters. The molecule has 0 bridgehead atoms. The zero-order chi connectivity index (χ0) is 20.4. The van der Waals surface area contributed by atoms with Gasteiger partial charge in [0.25, 0.3) is 0 Å². The number of aliphatic carboxylic acids is 1. The van der Waals surface area contributed by atoms with Gasteiger partial charge in [-0.3, -0.25) is 9.59 Å². The van der Waals surface area contributed by atoms with E-state index in [-0.39, 0.29) is 18.9 Å². The van der Waals surface area contributed by atoms with Gasteiger partial charge in [-0.2, -0.15) is 4.98 Å². The number of aryl methyl sites for hydroxylation is 1. The molecule has 9 heteroatoms. The highest BCUT2D eigenvalue weighted by molar-refractivity contribution is 7.18. The van der Waals surface area contributed by atoms with Crippen LogP contribution >= 0.6 is 11.3 Å². The average Bonchev–Trinajstić information content (AvgIpc) is 3.09. The van der Waals surface area contributed by atoms with Gasteiger partial charge in [-0.05, 0) is 25.3 Å². The van der Waals surface area contributed by atoms with Crippen LogP contribution in [-0.4, -0.2) is 64.6 Å². The first-order chi connectivity index (χ1) is 14.0. The molecule has 1 saturated heterocycles. The Hall–Kier alpha value is -2.42. The third-order valence-electron chi connectivity index (χ3n) is 5.74. The van der Waals surface area contributed by atoms with E-state index in [1.54, 1.807) is 11.3 Å². The molecular formula is C20H27N5O3S. The highest BCUT2D eigenvalue weighted by atomic mass is 32.1. The van der Waals surface area contributed by atoms with Crippen molar-refractivity contribution < 1.29 is 14.7 Å². The van der Waals surface area contributed by atoms with Crippen molar-refractivity contribution in [3.05, 3.63) is 10.9 Å². The van der Waals surface area contributed by atoms with Crippen LogP contribution in [0.2, 0.25) is 0 Å². The van der Waals surface area contributed by atoms with Crippen LogP contribution in [0.25, 0.3) is 10.2 Å². The molecule has 2 aliphatic rings. The number of carboxylic acid groups (broad SMARTS) is 1. The Morgan fingerprint density at radius 1 is 1.24 bits per heavy atom. The van der Waals surface area contributed by atoms with E-state index < -0.39 is 5.97 Å². The van der Waals surface area contributed by atoms with Crippen molar-refractivity contribution in [3.8, 4) is 0 Å². The first-order valence-corrected chi connectivity index (χ1v) is 11.2. The summed E-state index contributed by atoms with van der Waals surface area (Å²) in [6.07, 6.45) is 4.19. The summed E-state index contributed by atoms with van der Waals surface area (Å²) >= 11 is 1.65. The van der Waals surface area contributed by atoms with Gasteiger partial charge in [0.15, 0.2) is 0 Å². The summed E-state index contributed by atoms with van der Waals surface area (Å²) in [7, 11) is 0. The topological polar surface area (TPSA) is 98.7 Å². The maximum atomic E-state index is 12.5. The minimum atomic E-state index is -0.851. The molecule has 2 aromatic rings. The van der Waals surface area contributed by atoms with E-state index in [9.17, 15) is 9.59 Å². The van der Waals surface area contributed by atoms with Crippen LogP contribution in [0.1, 0.15) is 37.5 Å². The lowest BCUT2D eigenvalue weighted by Gasteiger charge is -2.38. The van der Waals surface area contributed by atoms with Crippen LogP contribution in [-0.2, 0) is 16.0 Å². The molecule has 0 radical (unpaired) electrons. The fourth-order valence-electron chi connectivity index (χ4n) is 3.78. The zero-order valence-corrected chi connectivity index (χ0v) is 17.5. The third kappa shape index (κ3) is 4.29. The lowest BCUT2D eigenvalue weighted by Crippen LogP contribution is -2.51. The average molecular weight is 418 g/mol. The van der Waals surface area contributed by atoms with E-state index in [1.165, 1.54) is 11.3 Å². The third-order valence-corrected chi connectivity index (χ3v) is 6.91. The van der Waals surface area contributed by atoms with Crippen molar-refractivity contribution in [2.75, 3.05) is 42.9 Å². The molecule has 4 rings (SSSR count). The minimum Gasteiger partial charge on any atom is -0.481 e. The second-order valence-corrected chi connectivity index (χ2v) is 8.78. The van der Waals surface area contributed by atoms with Crippen molar-refractivity contribution in [1.29, 1.82) is 0 Å². The molecule has 1 amide bonds. The molecule has 0 aromatic carbocycles. The number of carboxylic acids is 1. The lowest BCUT2D eigenvalue weighted by atomic mass is 9.84. The Labute approximate surface area is 173 Å².